The van der Waals surface area contributed by atoms with Gasteiger partial charge in [0, 0.05) is 18.1 Å². The molecule has 2 aromatic rings. The summed E-state index contributed by atoms with van der Waals surface area (Å²) in [5.74, 6) is 0.665. The molecular formula is C13H15ClN2. The van der Waals surface area contributed by atoms with Gasteiger partial charge in [0.15, 0.2) is 0 Å². The predicted molar refractivity (Wildman–Crippen MR) is 69.2 cm³/mol. The third-order valence-electron chi connectivity index (χ3n) is 3.18. The van der Waals surface area contributed by atoms with Crippen LogP contribution >= 0.6 is 12.4 Å². The molecule has 0 saturated carbocycles. The van der Waals surface area contributed by atoms with Crippen molar-refractivity contribution in [2.75, 3.05) is 13.1 Å². The van der Waals surface area contributed by atoms with Crippen LogP contribution in [0, 0.1) is 0 Å². The van der Waals surface area contributed by atoms with Gasteiger partial charge in [0.2, 0.25) is 0 Å². The van der Waals surface area contributed by atoms with Crippen LogP contribution in [0.4, 0.5) is 0 Å². The maximum atomic E-state index is 4.39. The highest BCUT2D eigenvalue weighted by atomic mass is 35.5. The molecule has 3 heteroatoms. The van der Waals surface area contributed by atoms with Gasteiger partial charge in [-0.25, -0.2) is 0 Å². The number of halogens is 1. The summed E-state index contributed by atoms with van der Waals surface area (Å²) in [6, 6.07) is 10.6. The third kappa shape index (κ3) is 1.91. The molecule has 0 amide bonds. The Morgan fingerprint density at radius 2 is 2.06 bits per heavy atom. The van der Waals surface area contributed by atoms with E-state index < -0.39 is 0 Å². The van der Waals surface area contributed by atoms with E-state index in [0.717, 1.165) is 18.6 Å². The molecule has 84 valence electrons. The van der Waals surface area contributed by atoms with E-state index in [-0.39, 0.29) is 12.4 Å². The topological polar surface area (TPSA) is 24.9 Å². The zero-order valence-corrected chi connectivity index (χ0v) is 9.83. The molecule has 0 aliphatic carbocycles. The Balaban J connectivity index is 0.000000963. The smallest absolute Gasteiger partial charge is 0.0704 e. The van der Waals surface area contributed by atoms with E-state index in [2.05, 4.69) is 34.6 Å². The van der Waals surface area contributed by atoms with E-state index in [0.29, 0.717) is 5.92 Å². The highest BCUT2D eigenvalue weighted by Crippen LogP contribution is 2.28. The number of hydrogen-bond donors (Lipinski definition) is 1. The number of hydrogen-bond acceptors (Lipinski definition) is 2. The number of rotatable bonds is 1. The third-order valence-corrected chi connectivity index (χ3v) is 3.18. The van der Waals surface area contributed by atoms with Crippen molar-refractivity contribution in [1.82, 2.24) is 10.3 Å². The van der Waals surface area contributed by atoms with E-state index in [4.69, 9.17) is 0 Å². The second kappa shape index (κ2) is 4.81. The monoisotopic (exact) mass is 234 g/mol. The van der Waals surface area contributed by atoms with Crippen LogP contribution < -0.4 is 5.32 Å². The molecule has 1 aromatic carbocycles. The van der Waals surface area contributed by atoms with Gasteiger partial charge in [-0.3, -0.25) is 4.98 Å². The average Bonchev–Trinajstić information content (AvgIpc) is 2.82. The Morgan fingerprint density at radius 3 is 2.88 bits per heavy atom. The second-order valence-corrected chi connectivity index (χ2v) is 4.11. The summed E-state index contributed by atoms with van der Waals surface area (Å²) in [4.78, 5) is 4.39. The average molecular weight is 235 g/mol. The van der Waals surface area contributed by atoms with E-state index in [1.807, 2.05) is 12.3 Å². The molecule has 1 aliphatic heterocycles. The molecule has 1 saturated heterocycles. The van der Waals surface area contributed by atoms with Crippen molar-refractivity contribution in [3.63, 3.8) is 0 Å². The highest BCUT2D eigenvalue weighted by molar-refractivity contribution is 5.85. The standard InChI is InChI=1S/C13H14N2.ClH/c1-2-4-13-12(3-1)11(6-8-15-13)10-5-7-14-9-10;/h1-4,6,8,10,14H,5,7,9H2;1H. The fraction of sp³-hybridized carbons (Fsp3) is 0.308. The molecule has 1 atom stereocenters. The molecule has 1 aliphatic rings. The maximum Gasteiger partial charge on any atom is 0.0704 e. The van der Waals surface area contributed by atoms with Crippen molar-refractivity contribution in [3.05, 3.63) is 42.1 Å². The minimum atomic E-state index is 0. The van der Waals surface area contributed by atoms with E-state index >= 15 is 0 Å². The van der Waals surface area contributed by atoms with Crippen molar-refractivity contribution >= 4 is 23.3 Å². The van der Waals surface area contributed by atoms with Crippen molar-refractivity contribution in [2.24, 2.45) is 0 Å². The van der Waals surface area contributed by atoms with Crippen LogP contribution in [0.5, 0.6) is 0 Å². The lowest BCUT2D eigenvalue weighted by Gasteiger charge is -2.11. The number of benzene rings is 1. The molecule has 1 unspecified atom stereocenters. The summed E-state index contributed by atoms with van der Waals surface area (Å²) < 4.78 is 0. The zero-order chi connectivity index (χ0) is 10.1. The van der Waals surface area contributed by atoms with Crippen LogP contribution in [-0.2, 0) is 0 Å². The molecule has 2 nitrogen and oxygen atoms in total. The van der Waals surface area contributed by atoms with Crippen molar-refractivity contribution < 1.29 is 0 Å². The van der Waals surface area contributed by atoms with Crippen LogP contribution in [0.25, 0.3) is 10.9 Å². The Labute approximate surface area is 101 Å². The van der Waals surface area contributed by atoms with Gasteiger partial charge in [0.1, 0.15) is 0 Å². The number of nitrogens with zero attached hydrogens (tertiary/aromatic N) is 1. The molecule has 1 fully saturated rings. The Kier molecular flexibility index (Phi) is 3.42. The van der Waals surface area contributed by atoms with Gasteiger partial charge >= 0.3 is 0 Å². The molecule has 3 rings (SSSR count). The number of fused-ring (bicyclic) bond motifs is 1. The Morgan fingerprint density at radius 1 is 1.19 bits per heavy atom. The van der Waals surface area contributed by atoms with Crippen LogP contribution in [0.15, 0.2) is 36.5 Å². The Bertz CT molecular complexity index is 473. The van der Waals surface area contributed by atoms with Crippen molar-refractivity contribution in [1.29, 1.82) is 0 Å². The largest absolute Gasteiger partial charge is 0.316 e. The molecule has 0 bridgehead atoms. The minimum Gasteiger partial charge on any atom is -0.316 e. The van der Waals surface area contributed by atoms with Crippen LogP contribution in [0.3, 0.4) is 0 Å². The first kappa shape index (κ1) is 11.4. The van der Waals surface area contributed by atoms with Crippen molar-refractivity contribution in [2.45, 2.75) is 12.3 Å². The minimum absolute atomic E-state index is 0. The molecule has 1 N–H and O–H groups in total. The maximum absolute atomic E-state index is 4.39. The van der Waals surface area contributed by atoms with Crippen molar-refractivity contribution in [3.8, 4) is 0 Å². The summed E-state index contributed by atoms with van der Waals surface area (Å²) >= 11 is 0. The number of pyridine rings is 1. The number of nitrogens with one attached hydrogen (secondary N) is 1. The summed E-state index contributed by atoms with van der Waals surface area (Å²) in [5, 5.41) is 4.73. The first-order valence-electron chi connectivity index (χ1n) is 5.49. The fourth-order valence-corrected chi connectivity index (χ4v) is 2.39. The van der Waals surface area contributed by atoms with E-state index in [1.165, 1.54) is 17.4 Å². The van der Waals surface area contributed by atoms with E-state index in [1.54, 1.807) is 0 Å². The number of para-hydroxylation sites is 1. The zero-order valence-electron chi connectivity index (χ0n) is 9.02. The lowest BCUT2D eigenvalue weighted by Crippen LogP contribution is -2.08. The molecule has 0 spiro atoms. The lowest BCUT2D eigenvalue weighted by molar-refractivity contribution is 0.769. The predicted octanol–water partition coefficient (Wildman–Crippen LogP) is 2.73. The summed E-state index contributed by atoms with van der Waals surface area (Å²) in [6.07, 6.45) is 3.17. The van der Waals surface area contributed by atoms with Crippen LogP contribution in [0.2, 0.25) is 0 Å². The second-order valence-electron chi connectivity index (χ2n) is 4.11. The van der Waals surface area contributed by atoms with Gasteiger partial charge in [0.05, 0.1) is 5.52 Å². The van der Waals surface area contributed by atoms with Gasteiger partial charge in [-0.15, -0.1) is 12.4 Å². The number of aromatic nitrogens is 1. The van der Waals surface area contributed by atoms with Gasteiger partial charge in [-0.1, -0.05) is 18.2 Å². The molecule has 0 radical (unpaired) electrons. The summed E-state index contributed by atoms with van der Waals surface area (Å²) in [5.41, 5.74) is 2.56. The fourth-order valence-electron chi connectivity index (χ4n) is 2.39. The van der Waals surface area contributed by atoms with Gasteiger partial charge in [-0.05, 0) is 36.6 Å². The molecule has 16 heavy (non-hydrogen) atoms. The van der Waals surface area contributed by atoms with Gasteiger partial charge < -0.3 is 5.32 Å². The molecular weight excluding hydrogens is 220 g/mol. The molecule has 1 aromatic heterocycles. The van der Waals surface area contributed by atoms with Gasteiger partial charge in [0.25, 0.3) is 0 Å². The summed E-state index contributed by atoms with van der Waals surface area (Å²) in [6.45, 7) is 2.25. The summed E-state index contributed by atoms with van der Waals surface area (Å²) in [7, 11) is 0. The molecule has 2 heterocycles. The normalized spacial score (nSPS) is 19.6. The highest BCUT2D eigenvalue weighted by Gasteiger charge is 2.18. The van der Waals surface area contributed by atoms with Crippen LogP contribution in [-0.4, -0.2) is 18.1 Å². The first-order valence-corrected chi connectivity index (χ1v) is 5.49. The Hall–Kier alpha value is -1.12. The van der Waals surface area contributed by atoms with Crippen LogP contribution in [0.1, 0.15) is 17.9 Å². The SMILES string of the molecule is Cl.c1ccc2c(C3CCNC3)ccnc2c1. The lowest BCUT2D eigenvalue weighted by atomic mass is 9.95. The van der Waals surface area contributed by atoms with Gasteiger partial charge in [-0.2, -0.15) is 0 Å². The van der Waals surface area contributed by atoms with E-state index in [9.17, 15) is 0 Å². The first-order chi connectivity index (χ1) is 7.45. The quantitative estimate of drug-likeness (QED) is 0.821.